The highest BCUT2D eigenvalue weighted by Crippen LogP contribution is 2.37. The Bertz CT molecular complexity index is 1040. The zero-order valence-electron chi connectivity index (χ0n) is 13.6. The van der Waals surface area contributed by atoms with Crippen molar-refractivity contribution in [1.29, 1.82) is 0 Å². The fourth-order valence-electron chi connectivity index (χ4n) is 3.23. The Morgan fingerprint density at radius 2 is 1.40 bits per heavy atom. The van der Waals surface area contributed by atoms with Crippen LogP contribution in [0.5, 0.6) is 11.5 Å². The summed E-state index contributed by atoms with van der Waals surface area (Å²) in [5.41, 5.74) is 4.05. The van der Waals surface area contributed by atoms with Crippen LogP contribution in [0, 0.1) is 0 Å². The normalized spacial score (nSPS) is 13.1. The van der Waals surface area contributed by atoms with Gasteiger partial charge in [0.05, 0.1) is 11.0 Å². The molecule has 1 aliphatic rings. The summed E-state index contributed by atoms with van der Waals surface area (Å²) in [6.45, 7) is 1.15. The molecule has 1 aromatic heterocycles. The Balaban J connectivity index is 1.83. The van der Waals surface area contributed by atoms with Gasteiger partial charge in [-0.15, -0.1) is 0 Å². The SMILES string of the molecule is c1ccc(-c2nc3cc4c(cc3n2-c2ccccc2)OCCO4)cc1. The second-order valence-corrected chi connectivity index (χ2v) is 5.96. The van der Waals surface area contributed by atoms with Crippen LogP contribution in [0.15, 0.2) is 72.8 Å². The maximum Gasteiger partial charge on any atom is 0.163 e. The molecule has 0 saturated carbocycles. The zero-order valence-corrected chi connectivity index (χ0v) is 13.6. The molecule has 0 fully saturated rings. The van der Waals surface area contributed by atoms with Crippen LogP contribution < -0.4 is 9.47 Å². The molecule has 0 unspecified atom stereocenters. The van der Waals surface area contributed by atoms with Gasteiger partial charge in [-0.2, -0.15) is 0 Å². The minimum absolute atomic E-state index is 0.573. The number of nitrogens with zero attached hydrogens (tertiary/aromatic N) is 2. The van der Waals surface area contributed by atoms with Crippen molar-refractivity contribution in [3.05, 3.63) is 72.8 Å². The number of hydrogen-bond acceptors (Lipinski definition) is 3. The molecule has 3 aromatic carbocycles. The molecule has 25 heavy (non-hydrogen) atoms. The fourth-order valence-corrected chi connectivity index (χ4v) is 3.23. The van der Waals surface area contributed by atoms with Crippen LogP contribution in [-0.2, 0) is 0 Å². The largest absolute Gasteiger partial charge is 0.486 e. The maximum absolute atomic E-state index is 5.77. The molecule has 0 spiro atoms. The number of fused-ring (bicyclic) bond motifs is 2. The first-order chi connectivity index (χ1) is 12.4. The van der Waals surface area contributed by atoms with E-state index in [1.165, 1.54) is 0 Å². The molecule has 0 bridgehead atoms. The monoisotopic (exact) mass is 328 g/mol. The Hall–Kier alpha value is -3.27. The number of rotatable bonds is 2. The third-order valence-corrected chi connectivity index (χ3v) is 4.36. The molecule has 0 N–H and O–H groups in total. The summed E-state index contributed by atoms with van der Waals surface area (Å²) in [5.74, 6) is 2.44. The van der Waals surface area contributed by atoms with Crippen molar-refractivity contribution >= 4 is 11.0 Å². The van der Waals surface area contributed by atoms with Crippen LogP contribution in [-0.4, -0.2) is 22.8 Å². The highest BCUT2D eigenvalue weighted by Gasteiger charge is 2.19. The van der Waals surface area contributed by atoms with E-state index in [-0.39, 0.29) is 0 Å². The van der Waals surface area contributed by atoms with Crippen molar-refractivity contribution in [2.75, 3.05) is 13.2 Å². The number of imidazole rings is 1. The van der Waals surface area contributed by atoms with Gasteiger partial charge in [0, 0.05) is 23.4 Å². The Labute approximate surface area is 145 Å². The van der Waals surface area contributed by atoms with Gasteiger partial charge in [-0.1, -0.05) is 48.5 Å². The van der Waals surface area contributed by atoms with Gasteiger partial charge in [-0.3, -0.25) is 4.57 Å². The quantitative estimate of drug-likeness (QED) is 0.545. The molecule has 4 heteroatoms. The molecule has 2 heterocycles. The van der Waals surface area contributed by atoms with Crippen LogP contribution in [0.4, 0.5) is 0 Å². The molecule has 0 amide bonds. The number of para-hydroxylation sites is 1. The van der Waals surface area contributed by atoms with Gasteiger partial charge in [-0.25, -0.2) is 4.98 Å². The van der Waals surface area contributed by atoms with Crippen LogP contribution in [0.2, 0.25) is 0 Å². The van der Waals surface area contributed by atoms with Gasteiger partial charge >= 0.3 is 0 Å². The highest BCUT2D eigenvalue weighted by molar-refractivity contribution is 5.86. The number of aromatic nitrogens is 2. The first kappa shape index (κ1) is 14.1. The summed E-state index contributed by atoms with van der Waals surface area (Å²) >= 11 is 0. The van der Waals surface area contributed by atoms with E-state index in [0.717, 1.165) is 39.6 Å². The van der Waals surface area contributed by atoms with Crippen molar-refractivity contribution < 1.29 is 9.47 Å². The zero-order chi connectivity index (χ0) is 16.6. The lowest BCUT2D eigenvalue weighted by molar-refractivity contribution is 0.172. The number of hydrogen-bond donors (Lipinski definition) is 0. The average Bonchev–Trinajstić information content (AvgIpc) is 3.06. The molecule has 4 nitrogen and oxygen atoms in total. The molecule has 4 aromatic rings. The topological polar surface area (TPSA) is 36.3 Å². The molecule has 0 saturated heterocycles. The minimum Gasteiger partial charge on any atom is -0.486 e. The van der Waals surface area contributed by atoms with E-state index in [0.29, 0.717) is 13.2 Å². The van der Waals surface area contributed by atoms with Crippen molar-refractivity contribution in [2.24, 2.45) is 0 Å². The first-order valence-corrected chi connectivity index (χ1v) is 8.33. The van der Waals surface area contributed by atoms with Crippen molar-refractivity contribution in [1.82, 2.24) is 9.55 Å². The summed E-state index contributed by atoms with van der Waals surface area (Å²) in [6.07, 6.45) is 0. The average molecular weight is 328 g/mol. The lowest BCUT2D eigenvalue weighted by Gasteiger charge is -2.18. The molecule has 1 aliphatic heterocycles. The lowest BCUT2D eigenvalue weighted by atomic mass is 10.2. The first-order valence-electron chi connectivity index (χ1n) is 8.33. The van der Waals surface area contributed by atoms with E-state index in [2.05, 4.69) is 28.8 Å². The van der Waals surface area contributed by atoms with E-state index >= 15 is 0 Å². The van der Waals surface area contributed by atoms with E-state index in [9.17, 15) is 0 Å². The van der Waals surface area contributed by atoms with E-state index in [1.54, 1.807) is 0 Å². The van der Waals surface area contributed by atoms with Crippen LogP contribution in [0.1, 0.15) is 0 Å². The Morgan fingerprint density at radius 3 is 2.12 bits per heavy atom. The summed E-state index contributed by atoms with van der Waals surface area (Å²) < 4.78 is 13.7. The molecule has 0 atom stereocenters. The molecule has 5 rings (SSSR count). The van der Waals surface area contributed by atoms with Gasteiger partial charge in [0.25, 0.3) is 0 Å². The lowest BCUT2D eigenvalue weighted by Crippen LogP contribution is -2.15. The predicted octanol–water partition coefficient (Wildman–Crippen LogP) is 4.46. The highest BCUT2D eigenvalue weighted by atomic mass is 16.6. The molecular formula is C21H16N2O2. The van der Waals surface area contributed by atoms with Gasteiger partial charge in [0.1, 0.15) is 19.0 Å². The van der Waals surface area contributed by atoms with E-state index < -0.39 is 0 Å². The van der Waals surface area contributed by atoms with E-state index in [1.807, 2.05) is 48.5 Å². The summed E-state index contributed by atoms with van der Waals surface area (Å²) in [7, 11) is 0. The van der Waals surface area contributed by atoms with Gasteiger partial charge in [-0.05, 0) is 12.1 Å². The van der Waals surface area contributed by atoms with Crippen molar-refractivity contribution in [2.45, 2.75) is 0 Å². The number of benzene rings is 3. The van der Waals surface area contributed by atoms with Gasteiger partial charge in [0.2, 0.25) is 0 Å². The van der Waals surface area contributed by atoms with Crippen LogP contribution in [0.3, 0.4) is 0 Å². The van der Waals surface area contributed by atoms with Gasteiger partial charge < -0.3 is 9.47 Å². The minimum atomic E-state index is 0.573. The second kappa shape index (κ2) is 5.67. The van der Waals surface area contributed by atoms with Crippen molar-refractivity contribution in [3.8, 4) is 28.6 Å². The Morgan fingerprint density at radius 1 is 0.760 bits per heavy atom. The summed E-state index contributed by atoms with van der Waals surface area (Å²) in [5, 5.41) is 0. The smallest absolute Gasteiger partial charge is 0.163 e. The maximum atomic E-state index is 5.77. The third-order valence-electron chi connectivity index (χ3n) is 4.36. The van der Waals surface area contributed by atoms with Crippen LogP contribution in [0.25, 0.3) is 28.1 Å². The Kier molecular flexibility index (Phi) is 3.20. The summed E-state index contributed by atoms with van der Waals surface area (Å²) in [6, 6.07) is 24.5. The molecule has 122 valence electrons. The standard InChI is InChI=1S/C21H16N2O2/c1-3-7-15(8-4-1)21-22-17-13-19-20(25-12-11-24-19)14-18(17)23(21)16-9-5-2-6-10-16/h1-10,13-14H,11-12H2. The second-order valence-electron chi connectivity index (χ2n) is 5.96. The van der Waals surface area contributed by atoms with Crippen molar-refractivity contribution in [3.63, 3.8) is 0 Å². The van der Waals surface area contributed by atoms with Crippen LogP contribution >= 0.6 is 0 Å². The van der Waals surface area contributed by atoms with E-state index in [4.69, 9.17) is 14.5 Å². The molecule has 0 radical (unpaired) electrons. The van der Waals surface area contributed by atoms with Gasteiger partial charge in [0.15, 0.2) is 11.5 Å². The molecular weight excluding hydrogens is 312 g/mol. The summed E-state index contributed by atoms with van der Waals surface area (Å²) in [4.78, 5) is 4.89. The number of ether oxygens (including phenoxy) is 2. The fraction of sp³-hybridized carbons (Fsp3) is 0.0952. The molecule has 0 aliphatic carbocycles. The third kappa shape index (κ3) is 2.34. The predicted molar refractivity (Wildman–Crippen MR) is 97.5 cm³/mol.